The first-order chi connectivity index (χ1) is 13.7. The molecule has 6 nitrogen and oxygen atoms in total. The number of pyridine rings is 1. The van der Waals surface area contributed by atoms with Gasteiger partial charge in [-0.1, -0.05) is 6.07 Å². The Morgan fingerprint density at radius 3 is 2.54 bits per heavy atom. The highest BCUT2D eigenvalue weighted by molar-refractivity contribution is 6.05. The number of hydrogen-bond acceptors (Lipinski definition) is 4. The predicted octanol–water partition coefficient (Wildman–Crippen LogP) is 3.91. The minimum Gasteiger partial charge on any atom is -0.370 e. The molecule has 0 bridgehead atoms. The summed E-state index contributed by atoms with van der Waals surface area (Å²) >= 11 is 0. The number of anilines is 1. The Labute approximate surface area is 164 Å². The van der Waals surface area contributed by atoms with E-state index in [2.05, 4.69) is 33.2 Å². The summed E-state index contributed by atoms with van der Waals surface area (Å²) in [5.41, 5.74) is 10.2. The second kappa shape index (κ2) is 6.93. The molecule has 6 heteroatoms. The van der Waals surface area contributed by atoms with Gasteiger partial charge in [-0.2, -0.15) is 5.10 Å². The molecule has 3 aromatic rings. The third-order valence-corrected chi connectivity index (χ3v) is 6.14. The molecule has 1 aliphatic carbocycles. The molecule has 1 amide bonds. The van der Waals surface area contributed by atoms with Crippen molar-refractivity contribution in [3.63, 3.8) is 0 Å². The molecule has 2 fully saturated rings. The van der Waals surface area contributed by atoms with Crippen LogP contribution >= 0.6 is 0 Å². The van der Waals surface area contributed by atoms with Gasteiger partial charge in [0.2, 0.25) is 0 Å². The smallest absolute Gasteiger partial charge is 0.269 e. The Kier molecular flexibility index (Phi) is 4.26. The number of amides is 1. The van der Waals surface area contributed by atoms with Crippen molar-refractivity contribution in [2.75, 3.05) is 18.0 Å². The number of primary amides is 1. The summed E-state index contributed by atoms with van der Waals surface area (Å²) in [6, 6.07) is 8.77. The first-order valence-electron chi connectivity index (χ1n) is 10.2. The van der Waals surface area contributed by atoms with Crippen molar-refractivity contribution < 1.29 is 4.79 Å². The van der Waals surface area contributed by atoms with Crippen LogP contribution < -0.4 is 10.6 Å². The topological polar surface area (TPSA) is 77.0 Å². The van der Waals surface area contributed by atoms with Gasteiger partial charge >= 0.3 is 0 Å². The molecule has 0 radical (unpaired) electrons. The third-order valence-electron chi connectivity index (χ3n) is 6.14. The van der Waals surface area contributed by atoms with Crippen LogP contribution in [0.3, 0.4) is 0 Å². The van der Waals surface area contributed by atoms with Crippen molar-refractivity contribution >= 4 is 22.5 Å². The average Bonchev–Trinajstić information content (AvgIpc) is 3.06. The van der Waals surface area contributed by atoms with Gasteiger partial charge in [-0.25, -0.2) is 0 Å². The summed E-state index contributed by atoms with van der Waals surface area (Å²) in [5, 5.41) is 5.39. The van der Waals surface area contributed by atoms with E-state index in [0.717, 1.165) is 53.6 Å². The number of nitrogens with two attached hydrogens (primary N) is 1. The number of rotatable bonds is 4. The highest BCUT2D eigenvalue weighted by Crippen LogP contribution is 2.36. The molecular weight excluding hydrogens is 350 g/mol. The van der Waals surface area contributed by atoms with Crippen LogP contribution in [0.4, 0.5) is 5.69 Å². The zero-order chi connectivity index (χ0) is 19.1. The van der Waals surface area contributed by atoms with E-state index in [1.807, 2.05) is 23.1 Å². The van der Waals surface area contributed by atoms with E-state index in [1.54, 1.807) is 0 Å². The largest absolute Gasteiger partial charge is 0.370 e. The van der Waals surface area contributed by atoms with Crippen LogP contribution in [0.5, 0.6) is 0 Å². The van der Waals surface area contributed by atoms with Crippen molar-refractivity contribution in [2.24, 2.45) is 5.73 Å². The summed E-state index contributed by atoms with van der Waals surface area (Å²) in [4.78, 5) is 18.9. The number of hydrogen-bond donors (Lipinski definition) is 1. The molecule has 5 rings (SSSR count). The monoisotopic (exact) mass is 375 g/mol. The van der Waals surface area contributed by atoms with Gasteiger partial charge in [-0.05, 0) is 62.3 Å². The van der Waals surface area contributed by atoms with E-state index in [-0.39, 0.29) is 0 Å². The summed E-state index contributed by atoms with van der Waals surface area (Å²) in [5.74, 6) is -0.472. The molecule has 1 aliphatic heterocycles. The van der Waals surface area contributed by atoms with Crippen LogP contribution in [0.2, 0.25) is 0 Å². The van der Waals surface area contributed by atoms with E-state index >= 15 is 0 Å². The summed E-state index contributed by atoms with van der Waals surface area (Å²) < 4.78 is 1.99. The fourth-order valence-corrected chi connectivity index (χ4v) is 4.32. The van der Waals surface area contributed by atoms with E-state index in [9.17, 15) is 4.79 Å². The lowest BCUT2D eigenvalue weighted by molar-refractivity contribution is 0.0995. The van der Waals surface area contributed by atoms with E-state index in [0.29, 0.717) is 11.7 Å². The number of piperidine rings is 1. The first kappa shape index (κ1) is 17.2. The third kappa shape index (κ3) is 2.93. The molecule has 0 unspecified atom stereocenters. The average molecular weight is 375 g/mol. The Morgan fingerprint density at radius 1 is 1.00 bits per heavy atom. The molecule has 0 atom stereocenters. The van der Waals surface area contributed by atoms with Gasteiger partial charge in [0.1, 0.15) is 0 Å². The van der Waals surface area contributed by atoms with Gasteiger partial charge in [0.15, 0.2) is 5.69 Å². The standard InChI is InChI=1S/C22H25N5O/c23-22(28)21-19-12-15(7-8-20(19)27(25-21)17-5-4-6-17)16-11-18(14-24-13-16)26-9-2-1-3-10-26/h7-8,11-14,17H,1-6,9-10H2,(H2,23,28). The number of carbonyl (C=O) groups is 1. The van der Waals surface area contributed by atoms with Crippen LogP contribution in [0, 0.1) is 0 Å². The molecule has 1 saturated carbocycles. The molecule has 1 saturated heterocycles. The Balaban J connectivity index is 1.56. The first-order valence-corrected chi connectivity index (χ1v) is 10.2. The maximum Gasteiger partial charge on any atom is 0.269 e. The number of aromatic nitrogens is 3. The number of fused-ring (bicyclic) bond motifs is 1. The van der Waals surface area contributed by atoms with Crippen molar-refractivity contribution in [2.45, 2.75) is 44.6 Å². The molecule has 2 aliphatic rings. The molecule has 28 heavy (non-hydrogen) atoms. The predicted molar refractivity (Wildman–Crippen MR) is 110 cm³/mol. The van der Waals surface area contributed by atoms with E-state index < -0.39 is 5.91 Å². The summed E-state index contributed by atoms with van der Waals surface area (Å²) in [6.07, 6.45) is 11.0. The number of benzene rings is 1. The molecule has 2 N–H and O–H groups in total. The maximum atomic E-state index is 12.0. The van der Waals surface area contributed by atoms with Crippen LogP contribution in [0.1, 0.15) is 55.1 Å². The van der Waals surface area contributed by atoms with Crippen molar-refractivity contribution in [1.29, 1.82) is 0 Å². The fraction of sp³-hybridized carbons (Fsp3) is 0.409. The molecule has 144 valence electrons. The van der Waals surface area contributed by atoms with Crippen LogP contribution in [-0.4, -0.2) is 33.8 Å². The lowest BCUT2D eigenvalue weighted by atomic mass is 9.93. The van der Waals surface area contributed by atoms with Crippen LogP contribution in [-0.2, 0) is 0 Å². The zero-order valence-corrected chi connectivity index (χ0v) is 16.0. The van der Waals surface area contributed by atoms with Gasteiger partial charge < -0.3 is 10.6 Å². The molecule has 1 aromatic carbocycles. The molecular formula is C22H25N5O. The van der Waals surface area contributed by atoms with E-state index in [4.69, 9.17) is 5.73 Å². The quantitative estimate of drug-likeness (QED) is 0.750. The Bertz CT molecular complexity index is 1030. The van der Waals surface area contributed by atoms with Crippen LogP contribution in [0.25, 0.3) is 22.0 Å². The highest BCUT2D eigenvalue weighted by atomic mass is 16.1. The Morgan fingerprint density at radius 2 is 1.82 bits per heavy atom. The Hall–Kier alpha value is -2.89. The highest BCUT2D eigenvalue weighted by Gasteiger charge is 2.25. The minimum absolute atomic E-state index is 0.365. The van der Waals surface area contributed by atoms with Crippen molar-refractivity contribution in [1.82, 2.24) is 14.8 Å². The summed E-state index contributed by atoms with van der Waals surface area (Å²) in [7, 11) is 0. The fourth-order valence-electron chi connectivity index (χ4n) is 4.32. The van der Waals surface area contributed by atoms with Crippen molar-refractivity contribution in [3.05, 3.63) is 42.4 Å². The number of nitrogens with zero attached hydrogens (tertiary/aromatic N) is 4. The van der Waals surface area contributed by atoms with Gasteiger partial charge in [0.25, 0.3) is 5.91 Å². The zero-order valence-electron chi connectivity index (χ0n) is 16.0. The SMILES string of the molecule is NC(=O)c1nn(C2CCC2)c2ccc(-c3cncc(N4CCCCC4)c3)cc12. The molecule has 0 spiro atoms. The van der Waals surface area contributed by atoms with Gasteiger partial charge in [-0.3, -0.25) is 14.5 Å². The summed E-state index contributed by atoms with van der Waals surface area (Å²) in [6.45, 7) is 2.17. The number of carbonyl (C=O) groups excluding carboxylic acids is 1. The normalized spacial score (nSPS) is 17.6. The molecule has 2 aromatic heterocycles. The molecule has 3 heterocycles. The van der Waals surface area contributed by atoms with Gasteiger partial charge in [0, 0.05) is 30.2 Å². The van der Waals surface area contributed by atoms with Gasteiger partial charge in [-0.15, -0.1) is 0 Å². The van der Waals surface area contributed by atoms with Crippen LogP contribution in [0.15, 0.2) is 36.7 Å². The minimum atomic E-state index is -0.472. The lowest BCUT2D eigenvalue weighted by Gasteiger charge is -2.28. The maximum absolute atomic E-state index is 12.0. The van der Waals surface area contributed by atoms with E-state index in [1.165, 1.54) is 25.7 Å². The second-order valence-electron chi connectivity index (χ2n) is 7.95. The van der Waals surface area contributed by atoms with Gasteiger partial charge in [0.05, 0.1) is 23.4 Å². The second-order valence-corrected chi connectivity index (χ2v) is 7.95. The van der Waals surface area contributed by atoms with Crippen molar-refractivity contribution in [3.8, 4) is 11.1 Å². The lowest BCUT2D eigenvalue weighted by Crippen LogP contribution is -2.29.